The monoisotopic (exact) mass is 219 g/mol. The number of guanidine groups is 1. The molecule has 1 unspecified atom stereocenters. The van der Waals surface area contributed by atoms with E-state index in [1.165, 1.54) is 0 Å². The highest BCUT2D eigenvalue weighted by molar-refractivity contribution is 5.88. The number of nitrogens with two attached hydrogens (primary N) is 1. The molecule has 1 atom stereocenters. The Bertz CT molecular complexity index is 397. The number of aliphatic hydroxyl groups excluding tert-OH is 1. The van der Waals surface area contributed by atoms with Gasteiger partial charge < -0.3 is 10.8 Å². The lowest BCUT2D eigenvalue weighted by molar-refractivity contribution is 0.199. The second-order valence-electron chi connectivity index (χ2n) is 3.46. The van der Waals surface area contributed by atoms with Crippen LogP contribution >= 0.6 is 0 Å². The van der Waals surface area contributed by atoms with E-state index >= 15 is 0 Å². The Morgan fingerprint density at radius 2 is 2.31 bits per heavy atom. The van der Waals surface area contributed by atoms with Gasteiger partial charge in [0.25, 0.3) is 0 Å². The van der Waals surface area contributed by atoms with Gasteiger partial charge in [-0.25, -0.2) is 9.98 Å². The van der Waals surface area contributed by atoms with Crippen molar-refractivity contribution in [2.45, 2.75) is 26.4 Å². The molecule has 0 spiro atoms. The van der Waals surface area contributed by atoms with Crippen LogP contribution in [0.5, 0.6) is 0 Å². The van der Waals surface area contributed by atoms with Crippen molar-refractivity contribution < 1.29 is 5.11 Å². The number of benzene rings is 1. The quantitative estimate of drug-likeness (QED) is 0.604. The molecule has 0 aliphatic rings. The third-order valence-electron chi connectivity index (χ3n) is 2.00. The average Bonchev–Trinajstić information content (AvgIpc) is 2.26. The topological polar surface area (TPSA) is 71.0 Å². The number of rotatable bonds is 3. The molecule has 3 N–H and O–H groups in total. The summed E-state index contributed by atoms with van der Waals surface area (Å²) in [5.41, 5.74) is 7.12. The summed E-state index contributed by atoms with van der Waals surface area (Å²) in [5.74, 6) is 0.226. The number of hydrogen-bond acceptors (Lipinski definition) is 2. The van der Waals surface area contributed by atoms with Crippen molar-refractivity contribution >= 4 is 17.9 Å². The Labute approximate surface area is 95.5 Å². The lowest BCUT2D eigenvalue weighted by Crippen LogP contribution is -2.07. The minimum Gasteiger partial charge on any atom is -0.389 e. The zero-order valence-corrected chi connectivity index (χ0v) is 9.59. The first-order valence-electron chi connectivity index (χ1n) is 5.28. The predicted octanol–water partition coefficient (Wildman–Crippen LogP) is 2.17. The lowest BCUT2D eigenvalue weighted by Gasteiger charge is -2.04. The Morgan fingerprint density at radius 1 is 1.56 bits per heavy atom. The van der Waals surface area contributed by atoms with E-state index in [9.17, 15) is 5.11 Å². The number of aliphatic hydroxyl groups is 1. The largest absolute Gasteiger partial charge is 0.389 e. The van der Waals surface area contributed by atoms with Crippen LogP contribution < -0.4 is 5.73 Å². The van der Waals surface area contributed by atoms with Crippen LogP contribution in [-0.2, 0) is 0 Å². The van der Waals surface area contributed by atoms with E-state index in [1.54, 1.807) is 19.2 Å². The summed E-state index contributed by atoms with van der Waals surface area (Å²) < 4.78 is 0. The molecule has 0 amide bonds. The van der Waals surface area contributed by atoms with Gasteiger partial charge in [0.15, 0.2) is 0 Å². The van der Waals surface area contributed by atoms with Crippen molar-refractivity contribution in [1.29, 1.82) is 0 Å². The summed E-state index contributed by atoms with van der Waals surface area (Å²) in [6.07, 6.45) is 2.02. The van der Waals surface area contributed by atoms with Crippen molar-refractivity contribution in [2.24, 2.45) is 15.7 Å². The fourth-order valence-corrected chi connectivity index (χ4v) is 1.20. The van der Waals surface area contributed by atoms with Crippen LogP contribution in [0.25, 0.3) is 0 Å². The van der Waals surface area contributed by atoms with Gasteiger partial charge in [0, 0.05) is 6.21 Å². The molecule has 0 bridgehead atoms. The zero-order chi connectivity index (χ0) is 12.0. The molecular weight excluding hydrogens is 202 g/mol. The average molecular weight is 219 g/mol. The van der Waals surface area contributed by atoms with Gasteiger partial charge in [-0.2, -0.15) is 0 Å². The first kappa shape index (κ1) is 12.4. The molecule has 0 saturated carbocycles. The molecule has 1 rings (SSSR count). The molecular formula is C12H17N3O. The van der Waals surface area contributed by atoms with Crippen LogP contribution in [0.2, 0.25) is 0 Å². The molecule has 1 aromatic rings. The molecule has 0 aliphatic heterocycles. The van der Waals surface area contributed by atoms with Gasteiger partial charge in [-0.15, -0.1) is 0 Å². The van der Waals surface area contributed by atoms with Gasteiger partial charge in [0.05, 0.1) is 11.8 Å². The van der Waals surface area contributed by atoms with Crippen LogP contribution in [0.4, 0.5) is 5.69 Å². The molecule has 0 heterocycles. The zero-order valence-electron chi connectivity index (χ0n) is 9.59. The second-order valence-corrected chi connectivity index (χ2v) is 3.46. The maximum absolute atomic E-state index is 9.41. The maximum atomic E-state index is 9.41. The minimum atomic E-state index is -0.504. The molecule has 16 heavy (non-hydrogen) atoms. The van der Waals surface area contributed by atoms with Gasteiger partial charge in [0.1, 0.15) is 0 Å². The van der Waals surface area contributed by atoms with Crippen LogP contribution in [0, 0.1) is 0 Å². The van der Waals surface area contributed by atoms with Crippen molar-refractivity contribution in [3.05, 3.63) is 29.8 Å². The van der Waals surface area contributed by atoms with E-state index in [-0.39, 0.29) is 5.96 Å². The lowest BCUT2D eigenvalue weighted by atomic mass is 10.1. The summed E-state index contributed by atoms with van der Waals surface area (Å²) in [5, 5.41) is 9.41. The Morgan fingerprint density at radius 3 is 2.94 bits per heavy atom. The van der Waals surface area contributed by atoms with E-state index in [0.29, 0.717) is 5.69 Å². The van der Waals surface area contributed by atoms with Gasteiger partial charge in [-0.05, 0) is 31.0 Å². The Balaban J connectivity index is 2.88. The Kier molecular flexibility index (Phi) is 4.66. The molecule has 0 aliphatic carbocycles. The van der Waals surface area contributed by atoms with E-state index in [0.717, 1.165) is 12.0 Å². The smallest absolute Gasteiger partial charge is 0.220 e. The fraction of sp³-hybridized carbons (Fsp3) is 0.333. The van der Waals surface area contributed by atoms with Crippen molar-refractivity contribution in [1.82, 2.24) is 0 Å². The molecule has 1 aromatic carbocycles. The second kappa shape index (κ2) is 6.02. The highest BCUT2D eigenvalue weighted by atomic mass is 16.3. The molecule has 0 aromatic heterocycles. The molecule has 4 nitrogen and oxygen atoms in total. The molecule has 4 heteroatoms. The predicted molar refractivity (Wildman–Crippen MR) is 67.1 cm³/mol. The van der Waals surface area contributed by atoms with Crippen molar-refractivity contribution in [3.8, 4) is 0 Å². The first-order chi connectivity index (χ1) is 7.63. The Hall–Kier alpha value is -1.68. The van der Waals surface area contributed by atoms with Crippen LogP contribution in [-0.4, -0.2) is 17.3 Å². The van der Waals surface area contributed by atoms with Crippen LogP contribution in [0.1, 0.15) is 31.9 Å². The normalized spacial score (nSPS) is 14.3. The summed E-state index contributed by atoms with van der Waals surface area (Å²) in [6, 6.07) is 7.28. The highest BCUT2D eigenvalue weighted by Crippen LogP contribution is 2.19. The fourth-order valence-electron chi connectivity index (χ4n) is 1.20. The maximum Gasteiger partial charge on any atom is 0.220 e. The van der Waals surface area contributed by atoms with Gasteiger partial charge in [-0.1, -0.05) is 19.1 Å². The van der Waals surface area contributed by atoms with E-state index in [4.69, 9.17) is 5.73 Å². The third kappa shape index (κ3) is 3.82. The molecule has 0 fully saturated rings. The van der Waals surface area contributed by atoms with Gasteiger partial charge in [-0.3, -0.25) is 0 Å². The van der Waals surface area contributed by atoms with Gasteiger partial charge in [0.2, 0.25) is 5.96 Å². The molecule has 0 saturated heterocycles. The summed E-state index contributed by atoms with van der Waals surface area (Å²) in [7, 11) is 0. The summed E-state index contributed by atoms with van der Waals surface area (Å²) in [6.45, 7) is 3.69. The summed E-state index contributed by atoms with van der Waals surface area (Å²) in [4.78, 5) is 8.08. The summed E-state index contributed by atoms with van der Waals surface area (Å²) >= 11 is 0. The molecule has 86 valence electrons. The molecule has 0 radical (unpaired) electrons. The van der Waals surface area contributed by atoms with Crippen molar-refractivity contribution in [3.63, 3.8) is 0 Å². The van der Waals surface area contributed by atoms with Crippen LogP contribution in [0.15, 0.2) is 34.3 Å². The van der Waals surface area contributed by atoms with E-state index in [2.05, 4.69) is 9.98 Å². The van der Waals surface area contributed by atoms with Gasteiger partial charge >= 0.3 is 0 Å². The minimum absolute atomic E-state index is 0.226. The SMILES string of the molecule is CCC=NC(N)=Nc1cccc(C(C)O)c1. The van der Waals surface area contributed by atoms with E-state index in [1.807, 2.05) is 25.1 Å². The third-order valence-corrected chi connectivity index (χ3v) is 2.00. The number of nitrogens with zero attached hydrogens (tertiary/aromatic N) is 2. The van der Waals surface area contributed by atoms with Crippen molar-refractivity contribution in [2.75, 3.05) is 0 Å². The first-order valence-corrected chi connectivity index (χ1v) is 5.28. The van der Waals surface area contributed by atoms with Crippen LogP contribution in [0.3, 0.4) is 0 Å². The number of aliphatic imine (C=N–C) groups is 2. The standard InChI is InChI=1S/C12H17N3O/c1-3-7-14-12(13)15-11-6-4-5-10(8-11)9(2)16/h4-9,16H,3H2,1-2H3,(H2,13,15). The van der Waals surface area contributed by atoms with E-state index < -0.39 is 6.10 Å². The highest BCUT2D eigenvalue weighted by Gasteiger charge is 2.00. The number of hydrogen-bond donors (Lipinski definition) is 2.